The summed E-state index contributed by atoms with van der Waals surface area (Å²) in [6.07, 6.45) is 10.5. The van der Waals surface area contributed by atoms with Crippen LogP contribution in [-0.4, -0.2) is 23.8 Å². The summed E-state index contributed by atoms with van der Waals surface area (Å²) in [7, 11) is 2.21. The second-order valence-corrected chi connectivity index (χ2v) is 6.06. The van der Waals surface area contributed by atoms with Gasteiger partial charge in [-0.1, -0.05) is 35.2 Å². The molecular weight excluding hydrogens is 278 g/mol. The number of rotatable bonds is 5. The lowest BCUT2D eigenvalue weighted by Gasteiger charge is -2.38. The lowest BCUT2D eigenvalue weighted by atomic mass is 9.75. The van der Waals surface area contributed by atoms with Crippen LogP contribution in [-0.2, 0) is 6.54 Å². The first kappa shape index (κ1) is 13.2. The summed E-state index contributed by atoms with van der Waals surface area (Å²) in [6.45, 7) is 2.18. The first-order valence-electron chi connectivity index (χ1n) is 6.50. The zero-order valence-electron chi connectivity index (χ0n) is 10.6. The van der Waals surface area contributed by atoms with E-state index in [1.807, 2.05) is 6.26 Å². The minimum Gasteiger partial charge on any atom is -0.472 e. The Bertz CT molecular complexity index is 317. The molecular formula is C14H22BrNO. The molecule has 1 saturated carbocycles. The van der Waals surface area contributed by atoms with E-state index >= 15 is 0 Å². The van der Waals surface area contributed by atoms with Gasteiger partial charge in [0.1, 0.15) is 0 Å². The van der Waals surface area contributed by atoms with Crippen LogP contribution in [0.15, 0.2) is 23.0 Å². The molecule has 3 heteroatoms. The third-order valence-electron chi connectivity index (χ3n) is 3.84. The van der Waals surface area contributed by atoms with Crippen LogP contribution in [0.2, 0.25) is 0 Å². The molecule has 0 amide bonds. The van der Waals surface area contributed by atoms with E-state index in [1.165, 1.54) is 44.2 Å². The summed E-state index contributed by atoms with van der Waals surface area (Å²) in [4.78, 5) is 2.43. The van der Waals surface area contributed by atoms with Crippen molar-refractivity contribution in [2.45, 2.75) is 38.6 Å². The minimum atomic E-state index is 0.497. The highest BCUT2D eigenvalue weighted by atomic mass is 79.9. The predicted octanol–water partition coefficient (Wildman–Crippen LogP) is 4.06. The van der Waals surface area contributed by atoms with Gasteiger partial charge in [0.05, 0.1) is 12.5 Å². The number of alkyl halides is 1. The summed E-state index contributed by atoms with van der Waals surface area (Å²) < 4.78 is 5.12. The van der Waals surface area contributed by atoms with Crippen molar-refractivity contribution in [1.82, 2.24) is 4.90 Å². The predicted molar refractivity (Wildman–Crippen MR) is 74.4 cm³/mol. The Labute approximate surface area is 112 Å². The molecule has 0 spiro atoms. The van der Waals surface area contributed by atoms with E-state index in [0.29, 0.717) is 5.41 Å². The molecule has 1 heterocycles. The molecule has 1 aliphatic rings. The van der Waals surface area contributed by atoms with Crippen LogP contribution >= 0.6 is 15.9 Å². The maximum atomic E-state index is 5.12. The Balaban J connectivity index is 1.89. The lowest BCUT2D eigenvalue weighted by Crippen LogP contribution is -2.38. The molecule has 0 atom stereocenters. The average molecular weight is 300 g/mol. The van der Waals surface area contributed by atoms with Gasteiger partial charge in [-0.2, -0.15) is 0 Å². The number of halogens is 1. The first-order chi connectivity index (χ1) is 8.24. The third kappa shape index (κ3) is 3.59. The van der Waals surface area contributed by atoms with Crippen LogP contribution in [0.1, 0.15) is 37.7 Å². The van der Waals surface area contributed by atoms with Gasteiger partial charge in [0.15, 0.2) is 0 Å². The standard InChI is InChI=1S/C14H22BrNO/c1-16(9-13-5-8-17-10-13)12-14(11-15)6-3-2-4-7-14/h5,8,10H,2-4,6-7,9,11-12H2,1H3. The van der Waals surface area contributed by atoms with Gasteiger partial charge in [-0.25, -0.2) is 0 Å². The molecule has 0 bridgehead atoms. The van der Waals surface area contributed by atoms with Gasteiger partial charge in [-0.15, -0.1) is 0 Å². The van der Waals surface area contributed by atoms with E-state index in [1.54, 1.807) is 6.26 Å². The summed E-state index contributed by atoms with van der Waals surface area (Å²) in [6, 6.07) is 2.05. The van der Waals surface area contributed by atoms with Gasteiger partial charge in [0.2, 0.25) is 0 Å². The Morgan fingerprint density at radius 3 is 2.71 bits per heavy atom. The lowest BCUT2D eigenvalue weighted by molar-refractivity contribution is 0.141. The van der Waals surface area contributed by atoms with E-state index in [0.717, 1.165) is 11.9 Å². The maximum Gasteiger partial charge on any atom is 0.0947 e. The van der Waals surface area contributed by atoms with Crippen molar-refractivity contribution < 1.29 is 4.42 Å². The van der Waals surface area contributed by atoms with Gasteiger partial charge in [-0.05, 0) is 31.4 Å². The van der Waals surface area contributed by atoms with Gasteiger partial charge < -0.3 is 9.32 Å². The van der Waals surface area contributed by atoms with Crippen LogP contribution in [0.25, 0.3) is 0 Å². The van der Waals surface area contributed by atoms with Crippen molar-refractivity contribution in [3.63, 3.8) is 0 Å². The third-order valence-corrected chi connectivity index (χ3v) is 5.03. The molecule has 2 nitrogen and oxygen atoms in total. The normalized spacial score (nSPS) is 19.7. The van der Waals surface area contributed by atoms with Crippen LogP contribution < -0.4 is 0 Å². The Morgan fingerprint density at radius 1 is 1.35 bits per heavy atom. The van der Waals surface area contributed by atoms with Gasteiger partial charge in [0.25, 0.3) is 0 Å². The summed E-state index contributed by atoms with van der Waals surface area (Å²) in [5.41, 5.74) is 1.77. The topological polar surface area (TPSA) is 16.4 Å². The molecule has 96 valence electrons. The van der Waals surface area contributed by atoms with E-state index in [9.17, 15) is 0 Å². The Morgan fingerprint density at radius 2 is 2.12 bits per heavy atom. The van der Waals surface area contributed by atoms with Crippen LogP contribution in [0, 0.1) is 5.41 Å². The van der Waals surface area contributed by atoms with E-state index in [-0.39, 0.29) is 0 Å². The van der Waals surface area contributed by atoms with Crippen molar-refractivity contribution in [2.24, 2.45) is 5.41 Å². The fourth-order valence-corrected chi connectivity index (χ4v) is 3.70. The van der Waals surface area contributed by atoms with Gasteiger partial charge >= 0.3 is 0 Å². The molecule has 17 heavy (non-hydrogen) atoms. The fourth-order valence-electron chi connectivity index (χ4n) is 2.96. The second-order valence-electron chi connectivity index (χ2n) is 5.50. The largest absolute Gasteiger partial charge is 0.472 e. The zero-order valence-corrected chi connectivity index (χ0v) is 12.2. The van der Waals surface area contributed by atoms with Gasteiger partial charge in [-0.3, -0.25) is 0 Å². The van der Waals surface area contributed by atoms with Gasteiger partial charge in [0, 0.05) is 24.0 Å². The zero-order chi connectivity index (χ0) is 12.1. The summed E-state index contributed by atoms with van der Waals surface area (Å²) >= 11 is 3.73. The first-order valence-corrected chi connectivity index (χ1v) is 7.62. The molecule has 0 saturated heterocycles. The summed E-state index contributed by atoms with van der Waals surface area (Å²) in [5, 5.41) is 1.13. The number of nitrogens with zero attached hydrogens (tertiary/aromatic N) is 1. The van der Waals surface area contributed by atoms with Crippen molar-refractivity contribution in [3.05, 3.63) is 24.2 Å². The molecule has 2 rings (SSSR count). The SMILES string of the molecule is CN(Cc1ccoc1)CC1(CBr)CCCCC1. The smallest absolute Gasteiger partial charge is 0.0947 e. The Kier molecular flexibility index (Phi) is 4.69. The number of furan rings is 1. The highest BCUT2D eigenvalue weighted by Crippen LogP contribution is 2.38. The quantitative estimate of drug-likeness (QED) is 0.763. The number of hydrogen-bond acceptors (Lipinski definition) is 2. The van der Waals surface area contributed by atoms with E-state index < -0.39 is 0 Å². The highest BCUT2D eigenvalue weighted by molar-refractivity contribution is 9.09. The minimum absolute atomic E-state index is 0.497. The molecule has 1 fully saturated rings. The maximum absolute atomic E-state index is 5.12. The second kappa shape index (κ2) is 6.05. The molecule has 1 aromatic rings. The molecule has 0 radical (unpaired) electrons. The molecule has 1 aromatic heterocycles. The van der Waals surface area contributed by atoms with Crippen molar-refractivity contribution in [2.75, 3.05) is 18.9 Å². The van der Waals surface area contributed by atoms with Crippen LogP contribution in [0.4, 0.5) is 0 Å². The van der Waals surface area contributed by atoms with Crippen LogP contribution in [0.5, 0.6) is 0 Å². The van der Waals surface area contributed by atoms with Crippen molar-refractivity contribution >= 4 is 15.9 Å². The monoisotopic (exact) mass is 299 g/mol. The van der Waals surface area contributed by atoms with E-state index in [4.69, 9.17) is 4.42 Å². The van der Waals surface area contributed by atoms with Crippen molar-refractivity contribution in [1.29, 1.82) is 0 Å². The molecule has 0 aromatic carbocycles. The van der Waals surface area contributed by atoms with E-state index in [2.05, 4.69) is 33.9 Å². The Hall–Kier alpha value is -0.280. The number of hydrogen-bond donors (Lipinski definition) is 0. The highest BCUT2D eigenvalue weighted by Gasteiger charge is 2.31. The molecule has 0 unspecified atom stereocenters. The molecule has 0 N–H and O–H groups in total. The van der Waals surface area contributed by atoms with Crippen molar-refractivity contribution in [3.8, 4) is 0 Å². The molecule has 0 aliphatic heterocycles. The molecule has 1 aliphatic carbocycles. The van der Waals surface area contributed by atoms with Crippen LogP contribution in [0.3, 0.4) is 0 Å². The summed E-state index contributed by atoms with van der Waals surface area (Å²) in [5.74, 6) is 0. The average Bonchev–Trinajstić information content (AvgIpc) is 2.83. The fraction of sp³-hybridized carbons (Fsp3) is 0.714.